The Morgan fingerprint density at radius 2 is 1.92 bits per heavy atom. The van der Waals surface area contributed by atoms with Crippen molar-refractivity contribution >= 4 is 34.7 Å². The van der Waals surface area contributed by atoms with Gasteiger partial charge in [-0.15, -0.1) is 0 Å². The van der Waals surface area contributed by atoms with Gasteiger partial charge in [0, 0.05) is 17.5 Å². The summed E-state index contributed by atoms with van der Waals surface area (Å²) in [6, 6.07) is 3.51. The van der Waals surface area contributed by atoms with Gasteiger partial charge in [0.05, 0.1) is 23.9 Å². The van der Waals surface area contributed by atoms with Crippen molar-refractivity contribution in [2.75, 3.05) is 10.6 Å². The molecule has 0 saturated heterocycles. The summed E-state index contributed by atoms with van der Waals surface area (Å²) in [7, 11) is 0. The number of benzene rings is 1. The third-order valence-corrected chi connectivity index (χ3v) is 7.84. The maximum Gasteiger partial charge on any atom is 0.224 e. The first-order valence-corrected chi connectivity index (χ1v) is 12.8. The van der Waals surface area contributed by atoms with E-state index in [1.165, 1.54) is 0 Å². The Morgan fingerprint density at radius 1 is 1.21 bits per heavy atom. The van der Waals surface area contributed by atoms with E-state index in [1.54, 1.807) is 16.8 Å². The van der Waals surface area contributed by atoms with Crippen LogP contribution in [0.1, 0.15) is 69.9 Å². The van der Waals surface area contributed by atoms with E-state index < -0.39 is 22.7 Å². The number of hydrogen-bond acceptors (Lipinski definition) is 8. The summed E-state index contributed by atoms with van der Waals surface area (Å²) in [5, 5.41) is 25.1. The number of carbonyl (C=O) groups excluding carboxylic acids is 1. The van der Waals surface area contributed by atoms with Crippen LogP contribution >= 0.6 is 0 Å². The highest BCUT2D eigenvalue weighted by Gasteiger charge is 2.38. The van der Waals surface area contributed by atoms with Gasteiger partial charge in [0.1, 0.15) is 11.2 Å². The molecular formula is C26H30F2N8O2. The van der Waals surface area contributed by atoms with Gasteiger partial charge in [-0.3, -0.25) is 9.36 Å². The number of carbonyl (C=O) groups is 1. The van der Waals surface area contributed by atoms with Crippen LogP contribution in [0.3, 0.4) is 0 Å². The second-order valence-electron chi connectivity index (χ2n) is 10.6. The number of hydrogen-bond donors (Lipinski definition) is 4. The summed E-state index contributed by atoms with van der Waals surface area (Å²) < 4.78 is 31.3. The molecule has 3 aromatic rings. The van der Waals surface area contributed by atoms with Crippen LogP contribution in [0.15, 0.2) is 18.3 Å². The predicted octanol–water partition coefficient (Wildman–Crippen LogP) is 4.04. The lowest BCUT2D eigenvalue weighted by Gasteiger charge is -2.35. The minimum atomic E-state index is -0.922. The molecule has 5 N–H and O–H groups in total. The Labute approximate surface area is 218 Å². The van der Waals surface area contributed by atoms with Crippen LogP contribution in [-0.4, -0.2) is 42.7 Å². The van der Waals surface area contributed by atoms with Crippen molar-refractivity contribution < 1.29 is 18.7 Å². The lowest BCUT2D eigenvalue weighted by Crippen LogP contribution is -2.38. The molecule has 12 heteroatoms. The molecule has 1 amide bonds. The third-order valence-electron chi connectivity index (χ3n) is 7.84. The van der Waals surface area contributed by atoms with E-state index >= 15 is 0 Å². The first kappa shape index (κ1) is 25.8. The van der Waals surface area contributed by atoms with Crippen molar-refractivity contribution in [1.82, 2.24) is 19.5 Å². The summed E-state index contributed by atoms with van der Waals surface area (Å²) in [6.07, 6.45) is 6.58. The maximum absolute atomic E-state index is 14.8. The van der Waals surface area contributed by atoms with Gasteiger partial charge in [-0.1, -0.05) is 6.92 Å². The van der Waals surface area contributed by atoms with Crippen molar-refractivity contribution in [2.45, 2.75) is 76.5 Å². The van der Waals surface area contributed by atoms with Crippen molar-refractivity contribution in [3.8, 4) is 6.07 Å². The lowest BCUT2D eigenvalue weighted by atomic mass is 9.73. The fourth-order valence-electron chi connectivity index (χ4n) is 5.49. The zero-order valence-electron chi connectivity index (χ0n) is 21.0. The van der Waals surface area contributed by atoms with E-state index in [2.05, 4.69) is 20.6 Å². The van der Waals surface area contributed by atoms with Gasteiger partial charge in [-0.2, -0.15) is 10.2 Å². The molecular weight excluding hydrogens is 494 g/mol. The molecule has 10 nitrogen and oxygen atoms in total. The number of aromatic nitrogens is 4. The number of nitriles is 1. The summed E-state index contributed by atoms with van der Waals surface area (Å²) in [5.41, 5.74) is 5.35. The van der Waals surface area contributed by atoms with Gasteiger partial charge in [-0.05, 0) is 63.5 Å². The molecule has 2 saturated carbocycles. The number of halogens is 2. The Balaban J connectivity index is 1.53. The zero-order valence-corrected chi connectivity index (χ0v) is 21.0. The highest BCUT2D eigenvalue weighted by atomic mass is 19.1. The smallest absolute Gasteiger partial charge is 0.224 e. The van der Waals surface area contributed by atoms with Crippen LogP contribution in [0, 0.1) is 28.4 Å². The molecule has 2 aliphatic rings. The van der Waals surface area contributed by atoms with Gasteiger partial charge in [0.15, 0.2) is 17.3 Å². The normalized spacial score (nSPS) is 25.6. The number of aliphatic hydroxyl groups excluding tert-OH is 1. The molecule has 2 aromatic heterocycles. The topological polar surface area (TPSA) is 155 Å². The minimum absolute atomic E-state index is 0.0259. The predicted molar refractivity (Wildman–Crippen MR) is 136 cm³/mol. The van der Waals surface area contributed by atoms with Gasteiger partial charge < -0.3 is 21.5 Å². The number of imidazole rings is 1. The van der Waals surface area contributed by atoms with E-state index in [0.29, 0.717) is 49.2 Å². The first-order chi connectivity index (χ1) is 18.2. The third kappa shape index (κ3) is 4.98. The number of aliphatic hydroxyl groups is 1. The van der Waals surface area contributed by atoms with Gasteiger partial charge in [0.2, 0.25) is 17.8 Å². The average molecular weight is 525 g/mol. The molecule has 0 unspecified atom stereocenters. The van der Waals surface area contributed by atoms with E-state index in [-0.39, 0.29) is 35.6 Å². The Morgan fingerprint density at radius 3 is 2.55 bits per heavy atom. The number of nitrogens with two attached hydrogens (primary N) is 1. The minimum Gasteiger partial charge on any atom is -0.393 e. The van der Waals surface area contributed by atoms with Crippen molar-refractivity contribution in [2.24, 2.45) is 11.1 Å². The number of primary amides is 1. The summed E-state index contributed by atoms with van der Waals surface area (Å²) in [5.74, 6) is -1.65. The maximum atomic E-state index is 14.8. The Hall–Kier alpha value is -3.85. The Bertz CT molecular complexity index is 1390. The van der Waals surface area contributed by atoms with Crippen LogP contribution < -0.4 is 16.4 Å². The quantitative estimate of drug-likeness (QED) is 0.377. The molecule has 2 fully saturated rings. The fourth-order valence-corrected chi connectivity index (χ4v) is 5.49. The molecule has 1 aromatic carbocycles. The summed E-state index contributed by atoms with van der Waals surface area (Å²) in [6.45, 7) is 1.85. The number of nitrogens with one attached hydrogen (secondary N) is 2. The molecule has 2 aliphatic carbocycles. The molecule has 0 aliphatic heterocycles. The highest BCUT2D eigenvalue weighted by Crippen LogP contribution is 2.43. The van der Waals surface area contributed by atoms with Crippen molar-refractivity contribution in [1.29, 1.82) is 5.26 Å². The molecule has 2 atom stereocenters. The van der Waals surface area contributed by atoms with Gasteiger partial charge in [0.25, 0.3) is 0 Å². The molecule has 5 rings (SSSR count). The monoisotopic (exact) mass is 524 g/mol. The standard InChI is InChI=1S/C26H30F2N8O2/c1-26(23(30)38)7-5-16(6-8-26)36-22-20(13-31-24(35-22)32-15-3-2-4-17(37)11-15)33-25(36)34-21-18(27)9-14(12-29)10-19(21)28/h9-10,13,15-17,37H,2-8,11H2,1H3,(H2,30,38)(H,33,34)(H,31,32,35)/t15-,16-,17-,26+/m1/s1. The van der Waals surface area contributed by atoms with Crippen LogP contribution in [0.2, 0.25) is 0 Å². The molecule has 0 radical (unpaired) electrons. The number of fused-ring (bicyclic) bond motifs is 1. The second kappa shape index (κ2) is 10.1. The van der Waals surface area contributed by atoms with Crippen LogP contribution in [-0.2, 0) is 4.79 Å². The molecule has 2 heterocycles. The van der Waals surface area contributed by atoms with Crippen LogP contribution in [0.25, 0.3) is 11.2 Å². The summed E-state index contributed by atoms with van der Waals surface area (Å²) in [4.78, 5) is 25.7. The lowest BCUT2D eigenvalue weighted by molar-refractivity contribution is -0.128. The molecule has 0 bridgehead atoms. The SMILES string of the molecule is C[C@]1(C(N)=O)CC[C@@H](n2c(Nc3c(F)cc(C#N)cc3F)nc3cnc(N[C@@H]4CCC[C@@H](O)C4)nc32)CC1. The largest absolute Gasteiger partial charge is 0.393 e. The van der Waals surface area contributed by atoms with Gasteiger partial charge in [-0.25, -0.2) is 18.7 Å². The number of nitrogens with zero attached hydrogens (tertiary/aromatic N) is 5. The number of rotatable bonds is 6. The van der Waals surface area contributed by atoms with E-state index in [9.17, 15) is 18.7 Å². The second-order valence-corrected chi connectivity index (χ2v) is 10.6. The van der Waals surface area contributed by atoms with Crippen LogP contribution in [0.4, 0.5) is 26.4 Å². The fraction of sp³-hybridized carbons (Fsp3) is 0.500. The zero-order chi connectivity index (χ0) is 27.0. The van der Waals surface area contributed by atoms with Gasteiger partial charge >= 0.3 is 0 Å². The van der Waals surface area contributed by atoms with Crippen LogP contribution in [0.5, 0.6) is 0 Å². The van der Waals surface area contributed by atoms with E-state index in [1.807, 2.05) is 6.92 Å². The number of anilines is 3. The average Bonchev–Trinajstić information content (AvgIpc) is 3.23. The highest BCUT2D eigenvalue weighted by molar-refractivity contribution is 5.80. The van der Waals surface area contributed by atoms with Crippen molar-refractivity contribution in [3.05, 3.63) is 35.5 Å². The number of amides is 1. The molecule has 200 valence electrons. The molecule has 0 spiro atoms. The summed E-state index contributed by atoms with van der Waals surface area (Å²) >= 11 is 0. The van der Waals surface area contributed by atoms with E-state index in [4.69, 9.17) is 16.0 Å². The van der Waals surface area contributed by atoms with E-state index in [0.717, 1.165) is 31.4 Å². The van der Waals surface area contributed by atoms with Crippen molar-refractivity contribution in [3.63, 3.8) is 0 Å². The Kier molecular flexibility index (Phi) is 6.88. The first-order valence-electron chi connectivity index (χ1n) is 12.8. The molecule has 38 heavy (non-hydrogen) atoms.